The molecule has 1 amide bonds. The maximum Gasteiger partial charge on any atom is 0.236 e. The third-order valence-electron chi connectivity index (χ3n) is 4.24. The second-order valence-corrected chi connectivity index (χ2v) is 5.82. The molecule has 0 saturated heterocycles. The lowest BCUT2D eigenvalue weighted by atomic mass is 10.1. The standard InChI is InChI=1S/C13H22N2O/c1-15(11-6-7-11)12(16)8-14-13(9-2-3-9)10-4-5-10/h9-11,13-14H,2-8H2,1H3. The van der Waals surface area contributed by atoms with Crippen molar-refractivity contribution in [3.8, 4) is 0 Å². The van der Waals surface area contributed by atoms with Gasteiger partial charge in [0, 0.05) is 19.1 Å². The molecule has 90 valence electrons. The average Bonchev–Trinajstić information content (AvgIpc) is 3.16. The van der Waals surface area contributed by atoms with Gasteiger partial charge in [-0.3, -0.25) is 4.79 Å². The molecule has 3 aliphatic rings. The zero-order valence-corrected chi connectivity index (χ0v) is 10.1. The smallest absolute Gasteiger partial charge is 0.236 e. The molecule has 3 rings (SSSR count). The minimum Gasteiger partial charge on any atom is -0.342 e. The highest BCUT2D eigenvalue weighted by Gasteiger charge is 2.41. The van der Waals surface area contributed by atoms with Crippen LogP contribution in [0.4, 0.5) is 0 Å². The Bertz CT molecular complexity index is 268. The average molecular weight is 222 g/mol. The number of hydrogen-bond donors (Lipinski definition) is 1. The van der Waals surface area contributed by atoms with Gasteiger partial charge in [-0.05, 0) is 50.4 Å². The molecular weight excluding hydrogens is 200 g/mol. The maximum atomic E-state index is 11.9. The molecule has 0 aromatic heterocycles. The zero-order chi connectivity index (χ0) is 11.1. The van der Waals surface area contributed by atoms with Crippen LogP contribution in [0.5, 0.6) is 0 Å². The van der Waals surface area contributed by atoms with E-state index < -0.39 is 0 Å². The topological polar surface area (TPSA) is 32.3 Å². The van der Waals surface area contributed by atoms with Crippen LogP contribution in [-0.4, -0.2) is 36.5 Å². The first-order chi connectivity index (χ1) is 7.75. The molecule has 0 heterocycles. The van der Waals surface area contributed by atoms with Gasteiger partial charge in [-0.2, -0.15) is 0 Å². The molecule has 0 atom stereocenters. The molecule has 3 heteroatoms. The van der Waals surface area contributed by atoms with Gasteiger partial charge in [0.05, 0.1) is 6.54 Å². The largest absolute Gasteiger partial charge is 0.342 e. The van der Waals surface area contributed by atoms with Crippen molar-refractivity contribution in [1.29, 1.82) is 0 Å². The molecule has 0 unspecified atom stereocenters. The Balaban J connectivity index is 1.44. The summed E-state index contributed by atoms with van der Waals surface area (Å²) in [6, 6.07) is 1.20. The summed E-state index contributed by atoms with van der Waals surface area (Å²) in [5, 5.41) is 3.52. The van der Waals surface area contributed by atoms with E-state index in [1.807, 2.05) is 11.9 Å². The van der Waals surface area contributed by atoms with Crippen molar-refractivity contribution in [3.63, 3.8) is 0 Å². The van der Waals surface area contributed by atoms with Crippen molar-refractivity contribution >= 4 is 5.91 Å². The Morgan fingerprint density at radius 1 is 1.19 bits per heavy atom. The summed E-state index contributed by atoms with van der Waals surface area (Å²) < 4.78 is 0. The van der Waals surface area contributed by atoms with E-state index in [1.54, 1.807) is 0 Å². The van der Waals surface area contributed by atoms with Gasteiger partial charge < -0.3 is 10.2 Å². The first kappa shape index (κ1) is 10.6. The van der Waals surface area contributed by atoms with Gasteiger partial charge in [0.2, 0.25) is 5.91 Å². The maximum absolute atomic E-state index is 11.9. The summed E-state index contributed by atoms with van der Waals surface area (Å²) in [4.78, 5) is 13.8. The number of nitrogens with zero attached hydrogens (tertiary/aromatic N) is 1. The van der Waals surface area contributed by atoms with E-state index in [0.717, 1.165) is 11.8 Å². The number of amides is 1. The van der Waals surface area contributed by atoms with Crippen LogP contribution in [0, 0.1) is 11.8 Å². The molecule has 3 saturated carbocycles. The number of carbonyl (C=O) groups excluding carboxylic acids is 1. The van der Waals surface area contributed by atoms with Crippen LogP contribution in [0.2, 0.25) is 0 Å². The molecule has 0 aromatic carbocycles. The highest BCUT2D eigenvalue weighted by molar-refractivity contribution is 5.78. The van der Waals surface area contributed by atoms with Crippen molar-refractivity contribution < 1.29 is 4.79 Å². The molecular formula is C13H22N2O. The van der Waals surface area contributed by atoms with Crippen LogP contribution >= 0.6 is 0 Å². The van der Waals surface area contributed by atoms with Crippen LogP contribution in [0.3, 0.4) is 0 Å². The Kier molecular flexibility index (Phi) is 2.66. The van der Waals surface area contributed by atoms with Crippen LogP contribution in [-0.2, 0) is 4.79 Å². The molecule has 16 heavy (non-hydrogen) atoms. The molecule has 3 fully saturated rings. The van der Waals surface area contributed by atoms with Crippen LogP contribution in [0.15, 0.2) is 0 Å². The first-order valence-corrected chi connectivity index (χ1v) is 6.75. The van der Waals surface area contributed by atoms with Crippen LogP contribution in [0.1, 0.15) is 38.5 Å². The molecule has 0 radical (unpaired) electrons. The number of rotatable bonds is 6. The third-order valence-corrected chi connectivity index (χ3v) is 4.24. The highest BCUT2D eigenvalue weighted by Crippen LogP contribution is 2.44. The summed E-state index contributed by atoms with van der Waals surface area (Å²) in [7, 11) is 1.95. The number of likely N-dealkylation sites (N-methyl/N-ethyl adjacent to an activating group) is 1. The van der Waals surface area contributed by atoms with E-state index in [-0.39, 0.29) is 5.91 Å². The number of nitrogens with one attached hydrogen (secondary N) is 1. The fraction of sp³-hybridized carbons (Fsp3) is 0.923. The van der Waals surface area contributed by atoms with Crippen molar-refractivity contribution in [2.24, 2.45) is 11.8 Å². The van der Waals surface area contributed by atoms with Crippen molar-refractivity contribution in [1.82, 2.24) is 10.2 Å². The lowest BCUT2D eigenvalue weighted by Crippen LogP contribution is -2.42. The van der Waals surface area contributed by atoms with E-state index in [1.165, 1.54) is 38.5 Å². The monoisotopic (exact) mass is 222 g/mol. The fourth-order valence-corrected chi connectivity index (χ4v) is 2.62. The van der Waals surface area contributed by atoms with Gasteiger partial charge in [-0.15, -0.1) is 0 Å². The Labute approximate surface area is 97.6 Å². The summed E-state index contributed by atoms with van der Waals surface area (Å²) >= 11 is 0. The molecule has 1 N–H and O–H groups in total. The minimum atomic E-state index is 0.286. The second-order valence-electron chi connectivity index (χ2n) is 5.82. The fourth-order valence-electron chi connectivity index (χ4n) is 2.62. The molecule has 0 aromatic rings. The number of hydrogen-bond acceptors (Lipinski definition) is 2. The van der Waals surface area contributed by atoms with Gasteiger partial charge >= 0.3 is 0 Å². The van der Waals surface area contributed by atoms with Crippen LogP contribution in [0.25, 0.3) is 0 Å². The van der Waals surface area contributed by atoms with Gasteiger partial charge in [0.1, 0.15) is 0 Å². The Morgan fingerprint density at radius 2 is 1.75 bits per heavy atom. The van der Waals surface area contributed by atoms with E-state index in [4.69, 9.17) is 0 Å². The van der Waals surface area contributed by atoms with Crippen molar-refractivity contribution in [2.45, 2.75) is 50.6 Å². The minimum absolute atomic E-state index is 0.286. The van der Waals surface area contributed by atoms with E-state index in [0.29, 0.717) is 18.6 Å². The van der Waals surface area contributed by atoms with Gasteiger partial charge in [-0.1, -0.05) is 0 Å². The molecule has 3 nitrogen and oxygen atoms in total. The number of carbonyl (C=O) groups is 1. The van der Waals surface area contributed by atoms with Gasteiger partial charge in [0.25, 0.3) is 0 Å². The van der Waals surface area contributed by atoms with E-state index in [9.17, 15) is 4.79 Å². The Morgan fingerprint density at radius 3 is 2.19 bits per heavy atom. The molecule has 3 aliphatic carbocycles. The second kappa shape index (κ2) is 4.02. The summed E-state index contributed by atoms with van der Waals surface area (Å²) in [6.07, 6.45) is 7.91. The zero-order valence-electron chi connectivity index (χ0n) is 10.1. The van der Waals surface area contributed by atoms with E-state index in [2.05, 4.69) is 5.32 Å². The summed E-state index contributed by atoms with van der Waals surface area (Å²) in [5.41, 5.74) is 0. The predicted octanol–water partition coefficient (Wildman–Crippen LogP) is 1.39. The van der Waals surface area contributed by atoms with Crippen LogP contribution < -0.4 is 5.32 Å². The summed E-state index contributed by atoms with van der Waals surface area (Å²) in [6.45, 7) is 0.560. The quantitative estimate of drug-likeness (QED) is 0.736. The van der Waals surface area contributed by atoms with Crippen molar-refractivity contribution in [3.05, 3.63) is 0 Å². The highest BCUT2D eigenvalue weighted by atomic mass is 16.2. The Hall–Kier alpha value is -0.570. The third kappa shape index (κ3) is 2.40. The molecule has 0 aliphatic heterocycles. The lowest BCUT2D eigenvalue weighted by molar-refractivity contribution is -0.129. The van der Waals surface area contributed by atoms with Gasteiger partial charge in [0.15, 0.2) is 0 Å². The normalized spacial score (nSPS) is 24.9. The first-order valence-electron chi connectivity index (χ1n) is 6.75. The van der Waals surface area contributed by atoms with Crippen molar-refractivity contribution in [2.75, 3.05) is 13.6 Å². The SMILES string of the molecule is CN(C(=O)CNC(C1CC1)C1CC1)C1CC1. The van der Waals surface area contributed by atoms with Gasteiger partial charge in [-0.25, -0.2) is 0 Å². The predicted molar refractivity (Wildman–Crippen MR) is 63.0 cm³/mol. The summed E-state index contributed by atoms with van der Waals surface area (Å²) in [5.74, 6) is 2.05. The molecule has 0 bridgehead atoms. The van der Waals surface area contributed by atoms with E-state index >= 15 is 0 Å². The molecule has 0 spiro atoms. The lowest BCUT2D eigenvalue weighted by Gasteiger charge is -2.21.